The SMILES string of the molecule is C[C@H](Nc1ncccc1C#N)C1(N2CCOCC2)CCCC1. The average Bonchev–Trinajstić information content (AvgIpc) is 3.07. The molecule has 1 aliphatic heterocycles. The van der Waals surface area contributed by atoms with Crippen molar-refractivity contribution in [3.63, 3.8) is 0 Å². The van der Waals surface area contributed by atoms with E-state index >= 15 is 0 Å². The number of rotatable bonds is 4. The second kappa shape index (κ2) is 6.64. The lowest BCUT2D eigenvalue weighted by molar-refractivity contribution is -0.0261. The molecule has 2 fully saturated rings. The number of morpholine rings is 1. The van der Waals surface area contributed by atoms with E-state index in [0.29, 0.717) is 11.4 Å². The van der Waals surface area contributed by atoms with Crippen molar-refractivity contribution < 1.29 is 4.74 Å². The van der Waals surface area contributed by atoms with E-state index in [9.17, 15) is 5.26 Å². The molecule has 118 valence electrons. The van der Waals surface area contributed by atoms with Crippen LogP contribution < -0.4 is 5.32 Å². The lowest BCUT2D eigenvalue weighted by Crippen LogP contribution is -2.59. The van der Waals surface area contributed by atoms with Crippen molar-refractivity contribution in [3.8, 4) is 6.07 Å². The molecule has 0 aromatic carbocycles. The van der Waals surface area contributed by atoms with E-state index in [1.807, 2.05) is 12.1 Å². The first-order valence-corrected chi connectivity index (χ1v) is 8.21. The third-order valence-electron chi connectivity index (χ3n) is 5.20. The maximum atomic E-state index is 9.25. The van der Waals surface area contributed by atoms with Crippen LogP contribution in [0.2, 0.25) is 0 Å². The summed E-state index contributed by atoms with van der Waals surface area (Å²) in [5.74, 6) is 0.706. The highest BCUT2D eigenvalue weighted by atomic mass is 16.5. The molecule has 2 aliphatic rings. The number of ether oxygens (including phenoxy) is 1. The Balaban J connectivity index is 1.81. The van der Waals surface area contributed by atoms with E-state index in [1.54, 1.807) is 6.20 Å². The van der Waals surface area contributed by atoms with Crippen molar-refractivity contribution in [3.05, 3.63) is 23.9 Å². The Bertz CT molecular complexity index is 542. The Morgan fingerprint density at radius 1 is 1.36 bits per heavy atom. The molecule has 3 rings (SSSR count). The van der Waals surface area contributed by atoms with E-state index in [0.717, 1.165) is 26.3 Å². The molecular formula is C17H24N4O. The van der Waals surface area contributed by atoms with Gasteiger partial charge in [0.15, 0.2) is 0 Å². The largest absolute Gasteiger partial charge is 0.379 e. The second-order valence-corrected chi connectivity index (χ2v) is 6.29. The van der Waals surface area contributed by atoms with Gasteiger partial charge in [0.05, 0.1) is 18.8 Å². The smallest absolute Gasteiger partial charge is 0.144 e. The number of hydrogen-bond acceptors (Lipinski definition) is 5. The molecule has 5 heteroatoms. The first kappa shape index (κ1) is 15.3. The first-order chi connectivity index (χ1) is 10.8. The van der Waals surface area contributed by atoms with Crippen LogP contribution in [0, 0.1) is 11.3 Å². The molecule has 1 N–H and O–H groups in total. The van der Waals surface area contributed by atoms with Crippen molar-refractivity contribution in [2.75, 3.05) is 31.6 Å². The summed E-state index contributed by atoms with van der Waals surface area (Å²) in [5.41, 5.74) is 0.776. The van der Waals surface area contributed by atoms with E-state index in [1.165, 1.54) is 25.7 Å². The molecule has 1 aliphatic carbocycles. The second-order valence-electron chi connectivity index (χ2n) is 6.29. The molecule has 0 amide bonds. The van der Waals surface area contributed by atoms with Crippen LogP contribution in [-0.2, 0) is 4.74 Å². The molecule has 5 nitrogen and oxygen atoms in total. The molecule has 1 saturated carbocycles. The van der Waals surface area contributed by atoms with Gasteiger partial charge < -0.3 is 10.1 Å². The number of nitrogens with one attached hydrogen (secondary N) is 1. The van der Waals surface area contributed by atoms with Gasteiger partial charge in [-0.2, -0.15) is 5.26 Å². The lowest BCUT2D eigenvalue weighted by Gasteiger charge is -2.47. The van der Waals surface area contributed by atoms with Crippen LogP contribution in [0.3, 0.4) is 0 Å². The van der Waals surface area contributed by atoms with E-state index in [4.69, 9.17) is 4.74 Å². The lowest BCUT2D eigenvalue weighted by atomic mass is 9.86. The highest BCUT2D eigenvalue weighted by Crippen LogP contribution is 2.39. The summed E-state index contributed by atoms with van der Waals surface area (Å²) in [6.07, 6.45) is 6.70. The monoisotopic (exact) mass is 300 g/mol. The fourth-order valence-corrected chi connectivity index (χ4v) is 3.97. The minimum Gasteiger partial charge on any atom is -0.379 e. The zero-order chi connectivity index (χ0) is 15.4. The topological polar surface area (TPSA) is 61.2 Å². The average molecular weight is 300 g/mol. The van der Waals surface area contributed by atoms with Gasteiger partial charge >= 0.3 is 0 Å². The fourth-order valence-electron chi connectivity index (χ4n) is 3.97. The van der Waals surface area contributed by atoms with Gasteiger partial charge in [-0.25, -0.2) is 4.98 Å². The van der Waals surface area contributed by atoms with Crippen LogP contribution in [0.1, 0.15) is 38.2 Å². The Morgan fingerprint density at radius 2 is 2.09 bits per heavy atom. The molecule has 0 spiro atoms. The van der Waals surface area contributed by atoms with E-state index < -0.39 is 0 Å². The third kappa shape index (κ3) is 2.81. The summed E-state index contributed by atoms with van der Waals surface area (Å²) in [6.45, 7) is 5.87. The quantitative estimate of drug-likeness (QED) is 0.925. The molecule has 1 aromatic rings. The van der Waals surface area contributed by atoms with Gasteiger partial charge in [-0.05, 0) is 31.9 Å². The highest BCUT2D eigenvalue weighted by Gasteiger charge is 2.44. The molecule has 22 heavy (non-hydrogen) atoms. The number of anilines is 1. The Labute approximate surface area is 132 Å². The zero-order valence-corrected chi connectivity index (χ0v) is 13.2. The van der Waals surface area contributed by atoms with Crippen molar-refractivity contribution in [2.45, 2.75) is 44.2 Å². The summed E-state index contributed by atoms with van der Waals surface area (Å²) in [6, 6.07) is 6.11. The fraction of sp³-hybridized carbons (Fsp3) is 0.647. The highest BCUT2D eigenvalue weighted by molar-refractivity contribution is 5.52. The molecule has 1 atom stereocenters. The molecule has 0 bridgehead atoms. The third-order valence-corrected chi connectivity index (χ3v) is 5.20. The summed E-state index contributed by atoms with van der Waals surface area (Å²) in [4.78, 5) is 6.95. The Hall–Kier alpha value is -1.64. The maximum Gasteiger partial charge on any atom is 0.144 e. The van der Waals surface area contributed by atoms with Gasteiger partial charge in [-0.15, -0.1) is 0 Å². The van der Waals surface area contributed by atoms with Crippen LogP contribution in [0.5, 0.6) is 0 Å². The van der Waals surface area contributed by atoms with Gasteiger partial charge in [-0.1, -0.05) is 12.8 Å². The van der Waals surface area contributed by atoms with Gasteiger partial charge in [0.25, 0.3) is 0 Å². The van der Waals surface area contributed by atoms with Crippen molar-refractivity contribution in [1.82, 2.24) is 9.88 Å². The van der Waals surface area contributed by atoms with Gasteiger partial charge in [0.1, 0.15) is 11.9 Å². The number of hydrogen-bond donors (Lipinski definition) is 1. The normalized spacial score (nSPS) is 22.9. The molecular weight excluding hydrogens is 276 g/mol. The van der Waals surface area contributed by atoms with Crippen molar-refractivity contribution >= 4 is 5.82 Å². The molecule has 2 heterocycles. The van der Waals surface area contributed by atoms with Crippen LogP contribution in [0.15, 0.2) is 18.3 Å². The summed E-state index contributed by atoms with van der Waals surface area (Å²) < 4.78 is 5.52. The van der Waals surface area contributed by atoms with Gasteiger partial charge in [0, 0.05) is 30.9 Å². The predicted molar refractivity (Wildman–Crippen MR) is 85.6 cm³/mol. The molecule has 1 saturated heterocycles. The molecule has 0 radical (unpaired) electrons. The molecule has 0 unspecified atom stereocenters. The van der Waals surface area contributed by atoms with E-state index in [-0.39, 0.29) is 11.6 Å². The summed E-state index contributed by atoms with van der Waals surface area (Å²) >= 11 is 0. The predicted octanol–water partition coefficient (Wildman–Crippen LogP) is 2.40. The van der Waals surface area contributed by atoms with Crippen molar-refractivity contribution in [1.29, 1.82) is 5.26 Å². The first-order valence-electron chi connectivity index (χ1n) is 8.21. The number of pyridine rings is 1. The summed E-state index contributed by atoms with van der Waals surface area (Å²) in [5, 5.41) is 12.8. The zero-order valence-electron chi connectivity index (χ0n) is 13.2. The Kier molecular flexibility index (Phi) is 4.60. The minimum absolute atomic E-state index is 0.161. The van der Waals surface area contributed by atoms with Gasteiger partial charge in [-0.3, -0.25) is 4.90 Å². The van der Waals surface area contributed by atoms with E-state index in [2.05, 4.69) is 28.2 Å². The number of nitrogens with zero attached hydrogens (tertiary/aromatic N) is 3. The Morgan fingerprint density at radius 3 is 2.77 bits per heavy atom. The van der Waals surface area contributed by atoms with Gasteiger partial charge in [0.2, 0.25) is 0 Å². The summed E-state index contributed by atoms with van der Waals surface area (Å²) in [7, 11) is 0. The van der Waals surface area contributed by atoms with Crippen LogP contribution >= 0.6 is 0 Å². The van der Waals surface area contributed by atoms with Crippen LogP contribution in [0.25, 0.3) is 0 Å². The van der Waals surface area contributed by atoms with Crippen LogP contribution in [0.4, 0.5) is 5.82 Å². The van der Waals surface area contributed by atoms with Crippen molar-refractivity contribution in [2.24, 2.45) is 0 Å². The minimum atomic E-state index is 0.161. The van der Waals surface area contributed by atoms with Crippen LogP contribution in [-0.4, -0.2) is 47.8 Å². The number of aromatic nitrogens is 1. The number of nitriles is 1. The maximum absolute atomic E-state index is 9.25. The standard InChI is InChI=1S/C17H24N4O/c1-14(20-16-15(13-18)5-4-8-19-16)17(6-2-3-7-17)21-9-11-22-12-10-21/h4-5,8,14H,2-3,6-7,9-12H2,1H3,(H,19,20)/t14-/m0/s1. The molecule has 1 aromatic heterocycles.